The summed E-state index contributed by atoms with van der Waals surface area (Å²) >= 11 is 5.92. The second-order valence-electron chi connectivity index (χ2n) is 10.4. The minimum atomic E-state index is -1.08. The summed E-state index contributed by atoms with van der Waals surface area (Å²) < 4.78 is 30.0. The van der Waals surface area contributed by atoms with Crippen molar-refractivity contribution in [3.63, 3.8) is 0 Å². The fourth-order valence-corrected chi connectivity index (χ4v) is 8.56. The van der Waals surface area contributed by atoms with E-state index in [0.29, 0.717) is 30.0 Å². The number of primary amides is 1. The summed E-state index contributed by atoms with van der Waals surface area (Å²) in [5.41, 5.74) is 5.64. The van der Waals surface area contributed by atoms with E-state index < -0.39 is 17.4 Å². The van der Waals surface area contributed by atoms with Gasteiger partial charge in [-0.25, -0.2) is 13.6 Å². The van der Waals surface area contributed by atoms with E-state index in [2.05, 4.69) is 10.4 Å². The molecule has 3 amide bonds. The smallest absolute Gasteiger partial charge is 0.318 e. The summed E-state index contributed by atoms with van der Waals surface area (Å²) in [5, 5.41) is 7.65. The summed E-state index contributed by atoms with van der Waals surface area (Å²) in [6.07, 6.45) is 0. The van der Waals surface area contributed by atoms with E-state index in [0.717, 1.165) is 0 Å². The van der Waals surface area contributed by atoms with Gasteiger partial charge >= 0.3 is 6.03 Å². The SMILES string of the molecule is CC1C2(NC(=O)N3CCn4nc(-c5ccc(F)c(Cl)c5)c(C(N)=O)c4C3)C3C4C2C13[C@]4(C)F. The molecule has 1 aromatic carbocycles. The Kier molecular flexibility index (Phi) is 3.30. The lowest BCUT2D eigenvalue weighted by molar-refractivity contribution is -0.624. The lowest BCUT2D eigenvalue weighted by Crippen LogP contribution is -3.17. The van der Waals surface area contributed by atoms with Crippen LogP contribution >= 0.6 is 11.6 Å². The van der Waals surface area contributed by atoms with Gasteiger partial charge < -0.3 is 16.0 Å². The number of amides is 3. The molecule has 1 spiro atoms. The fraction of sp³-hybridized carbons (Fsp3) is 0.522. The second-order valence-corrected chi connectivity index (χ2v) is 10.8. The van der Waals surface area contributed by atoms with Gasteiger partial charge in [0.25, 0.3) is 5.91 Å². The Morgan fingerprint density at radius 2 is 2.03 bits per heavy atom. The first kappa shape index (κ1) is 19.8. The van der Waals surface area contributed by atoms with Crippen molar-refractivity contribution in [1.29, 1.82) is 0 Å². The molecule has 7 nitrogen and oxygen atoms in total. The van der Waals surface area contributed by atoms with E-state index in [-0.39, 0.29) is 57.8 Å². The van der Waals surface area contributed by atoms with Crippen LogP contribution in [0.4, 0.5) is 13.6 Å². The van der Waals surface area contributed by atoms with E-state index in [9.17, 15) is 18.4 Å². The topological polar surface area (TPSA) is 93.2 Å². The number of nitrogens with two attached hydrogens (primary N) is 1. The number of benzene rings is 1. The van der Waals surface area contributed by atoms with Gasteiger partial charge in [-0.05, 0) is 42.9 Å². The van der Waals surface area contributed by atoms with Gasteiger partial charge in [0.2, 0.25) is 0 Å². The minimum Gasteiger partial charge on any atom is -0.365 e. The van der Waals surface area contributed by atoms with Gasteiger partial charge in [-0.15, -0.1) is 0 Å². The predicted molar refractivity (Wildman–Crippen MR) is 114 cm³/mol. The second kappa shape index (κ2) is 5.51. The number of fused-ring (bicyclic) bond motifs is 1. The number of hydrogen-bond acceptors (Lipinski definition) is 3. The van der Waals surface area contributed by atoms with Crippen molar-refractivity contribution in [1.82, 2.24) is 20.0 Å². The molecule has 3 unspecified atom stereocenters. The highest BCUT2D eigenvalue weighted by atomic mass is 35.5. The maximum absolute atomic E-state index is 14.7. The average Bonchev–Trinajstić information content (AvgIpc) is 3.10. The largest absolute Gasteiger partial charge is 0.365 e. The van der Waals surface area contributed by atoms with Crippen molar-refractivity contribution in [3.05, 3.63) is 40.3 Å². The zero-order valence-electron chi connectivity index (χ0n) is 18.0. The standard InChI is InChI=1S/C23H22ClF2N5O2/c1-9-22-17-15(21(22,2)26)18(22)23(9,17)28-20(33)30-5-6-31-13(8-30)14(19(27)32)16(29-31)10-3-4-12(25)11(24)7-10/h3-4,7,9,15,17-18H,5-6,8H2,1-2H3,(H2,27,32)(H,28,33)/t9?,15?,17?,18?,21-,22?,23?/m1/s1. The first-order chi connectivity index (χ1) is 15.6. The number of rotatable bonds is 3. The van der Waals surface area contributed by atoms with E-state index in [1.807, 2.05) is 6.92 Å². The predicted octanol–water partition coefficient (Wildman–Crippen LogP) is 2.96. The van der Waals surface area contributed by atoms with Crippen LogP contribution < -0.4 is 11.1 Å². The van der Waals surface area contributed by atoms with Crippen LogP contribution in [-0.4, -0.2) is 44.4 Å². The van der Waals surface area contributed by atoms with Crippen LogP contribution in [0.3, 0.4) is 0 Å². The molecule has 7 aliphatic carbocycles. The van der Waals surface area contributed by atoms with Gasteiger partial charge in [-0.2, -0.15) is 5.10 Å². The lowest BCUT2D eigenvalue weighted by Gasteiger charge is -3.09. The zero-order chi connectivity index (χ0) is 23.2. The van der Waals surface area contributed by atoms with Gasteiger partial charge in [0.1, 0.15) is 17.2 Å². The van der Waals surface area contributed by atoms with Crippen molar-refractivity contribution in [2.24, 2.45) is 34.8 Å². The van der Waals surface area contributed by atoms with E-state index >= 15 is 0 Å². The van der Waals surface area contributed by atoms with Crippen molar-refractivity contribution in [2.75, 3.05) is 6.54 Å². The van der Waals surface area contributed by atoms with Crippen molar-refractivity contribution >= 4 is 23.5 Å². The van der Waals surface area contributed by atoms with Gasteiger partial charge in [-0.3, -0.25) is 9.48 Å². The molecule has 172 valence electrons. The Labute approximate surface area is 193 Å². The summed E-state index contributed by atoms with van der Waals surface area (Å²) in [6, 6.07) is 3.90. The van der Waals surface area contributed by atoms with Gasteiger partial charge in [0.15, 0.2) is 0 Å². The third kappa shape index (κ3) is 1.77. The van der Waals surface area contributed by atoms with Crippen LogP contribution in [0.5, 0.6) is 0 Å². The normalized spacial score (nSPS) is 40.6. The highest BCUT2D eigenvalue weighted by Gasteiger charge is 3.13. The van der Waals surface area contributed by atoms with Crippen molar-refractivity contribution < 1.29 is 18.4 Å². The van der Waals surface area contributed by atoms with Crippen LogP contribution in [0.2, 0.25) is 5.02 Å². The molecule has 7 saturated carbocycles. The highest BCUT2D eigenvalue weighted by molar-refractivity contribution is 6.31. The Balaban J connectivity index is 1.15. The number of alkyl halides is 1. The number of nitrogens with zero attached hydrogens (tertiary/aromatic N) is 3. The first-order valence-corrected chi connectivity index (χ1v) is 11.6. The van der Waals surface area contributed by atoms with Gasteiger partial charge in [-0.1, -0.05) is 18.5 Å². The number of urea groups is 1. The molecule has 2 heterocycles. The van der Waals surface area contributed by atoms with Crippen LogP contribution in [0, 0.1) is 34.9 Å². The Morgan fingerprint density at radius 1 is 1.30 bits per heavy atom. The number of nitrogens with one attached hydrogen (secondary N) is 1. The number of carbonyl (C=O) groups is 2. The summed E-state index contributed by atoms with van der Waals surface area (Å²) in [7, 11) is 0. The Bertz CT molecular complexity index is 1280. The molecule has 0 radical (unpaired) electrons. The van der Waals surface area contributed by atoms with E-state index in [1.54, 1.807) is 16.5 Å². The maximum atomic E-state index is 14.7. The summed E-state index contributed by atoms with van der Waals surface area (Å²) in [6.45, 7) is 4.72. The molecular formula is C23H22ClF2N5O2. The molecule has 10 rings (SSSR count). The number of hydrogen-bond donors (Lipinski definition) is 2. The molecule has 4 atom stereocenters. The molecular weight excluding hydrogens is 452 g/mol. The molecule has 0 saturated heterocycles. The Morgan fingerprint density at radius 3 is 2.64 bits per heavy atom. The number of halogens is 3. The molecule has 8 aliphatic rings. The molecule has 1 aliphatic heterocycles. The Hall–Kier alpha value is -2.68. The highest BCUT2D eigenvalue weighted by Crippen LogP contribution is 3.06. The first-order valence-electron chi connectivity index (χ1n) is 11.2. The van der Waals surface area contributed by atoms with Gasteiger partial charge in [0.05, 0.1) is 34.9 Å². The molecule has 5 bridgehead atoms. The van der Waals surface area contributed by atoms with Crippen molar-refractivity contribution in [2.45, 2.75) is 38.1 Å². The number of aromatic nitrogens is 2. The van der Waals surface area contributed by atoms with Crippen LogP contribution in [0.15, 0.2) is 18.2 Å². The summed E-state index contributed by atoms with van der Waals surface area (Å²) in [5.74, 6) is -0.507. The van der Waals surface area contributed by atoms with Crippen LogP contribution in [0.1, 0.15) is 29.9 Å². The lowest BCUT2D eigenvalue weighted by atomic mass is 8.95. The molecule has 7 fully saturated rings. The average molecular weight is 474 g/mol. The minimum absolute atomic E-state index is 0.0805. The third-order valence-electron chi connectivity index (χ3n) is 9.71. The number of carbonyl (C=O) groups excluding carboxylic acids is 2. The molecule has 33 heavy (non-hydrogen) atoms. The van der Waals surface area contributed by atoms with Crippen LogP contribution in [-0.2, 0) is 13.1 Å². The van der Waals surface area contributed by atoms with Crippen LogP contribution in [0.25, 0.3) is 11.3 Å². The van der Waals surface area contributed by atoms with Gasteiger partial charge in [0, 0.05) is 23.4 Å². The molecule has 10 heteroatoms. The summed E-state index contributed by atoms with van der Waals surface area (Å²) in [4.78, 5) is 27.2. The van der Waals surface area contributed by atoms with Crippen molar-refractivity contribution in [3.8, 4) is 11.3 Å². The molecule has 2 aromatic rings. The van der Waals surface area contributed by atoms with E-state index in [4.69, 9.17) is 17.3 Å². The van der Waals surface area contributed by atoms with E-state index in [1.165, 1.54) is 18.2 Å². The quantitative estimate of drug-likeness (QED) is 0.717. The zero-order valence-corrected chi connectivity index (χ0v) is 18.8. The monoisotopic (exact) mass is 473 g/mol. The third-order valence-corrected chi connectivity index (χ3v) is 10.0. The maximum Gasteiger partial charge on any atom is 0.318 e. The molecule has 1 aromatic heterocycles. The molecule has 3 N–H and O–H groups in total. The fourth-order valence-electron chi connectivity index (χ4n) is 8.38.